The van der Waals surface area contributed by atoms with E-state index in [0.717, 1.165) is 0 Å². The van der Waals surface area contributed by atoms with Crippen molar-refractivity contribution in [3.05, 3.63) is 0 Å². The van der Waals surface area contributed by atoms with Crippen LogP contribution in [0.3, 0.4) is 0 Å². The van der Waals surface area contributed by atoms with Gasteiger partial charge in [-0.25, -0.2) is 4.79 Å². The Bertz CT molecular complexity index is 302. The van der Waals surface area contributed by atoms with E-state index in [9.17, 15) is 14.4 Å². The van der Waals surface area contributed by atoms with Gasteiger partial charge in [-0.3, -0.25) is 9.59 Å². The lowest BCUT2D eigenvalue weighted by Crippen LogP contribution is -2.45. The number of carbonyl (C=O) groups is 3. The van der Waals surface area contributed by atoms with Gasteiger partial charge < -0.3 is 21.3 Å². The SMILES string of the molecule is CCC(CN)C(=O)N[C@H](CCCC(=O)O)C(=O)O. The maximum absolute atomic E-state index is 11.6. The van der Waals surface area contributed by atoms with Gasteiger partial charge in [-0.2, -0.15) is 0 Å². The standard InChI is InChI=1S/C11H20N2O5/c1-2-7(6-12)10(16)13-8(11(17)18)4-3-5-9(14)15/h7-8H,2-6,12H2,1H3,(H,13,16)(H,14,15)(H,17,18)/t7?,8-/m1/s1. The highest BCUT2D eigenvalue weighted by Crippen LogP contribution is 2.05. The summed E-state index contributed by atoms with van der Waals surface area (Å²) in [5.74, 6) is -2.96. The van der Waals surface area contributed by atoms with Crippen LogP contribution >= 0.6 is 0 Å². The first-order chi connectivity index (χ1) is 8.42. The van der Waals surface area contributed by atoms with E-state index in [4.69, 9.17) is 15.9 Å². The molecule has 18 heavy (non-hydrogen) atoms. The molecule has 5 N–H and O–H groups in total. The molecular weight excluding hydrogens is 240 g/mol. The van der Waals surface area contributed by atoms with Crippen LogP contribution in [0.1, 0.15) is 32.6 Å². The van der Waals surface area contributed by atoms with Gasteiger partial charge in [0.05, 0.1) is 0 Å². The Morgan fingerprint density at radius 2 is 1.89 bits per heavy atom. The second-order valence-corrected chi connectivity index (χ2v) is 4.03. The van der Waals surface area contributed by atoms with Gasteiger partial charge in [-0.15, -0.1) is 0 Å². The van der Waals surface area contributed by atoms with Crippen molar-refractivity contribution in [2.45, 2.75) is 38.6 Å². The summed E-state index contributed by atoms with van der Waals surface area (Å²) < 4.78 is 0. The summed E-state index contributed by atoms with van der Waals surface area (Å²) in [6.45, 7) is 1.95. The van der Waals surface area contributed by atoms with Crippen molar-refractivity contribution in [1.29, 1.82) is 0 Å². The molecule has 2 atom stereocenters. The number of nitrogens with one attached hydrogen (secondary N) is 1. The molecule has 0 radical (unpaired) electrons. The number of aliphatic carboxylic acids is 2. The molecule has 104 valence electrons. The summed E-state index contributed by atoms with van der Waals surface area (Å²) >= 11 is 0. The number of carbonyl (C=O) groups excluding carboxylic acids is 1. The number of carboxylic acid groups (broad SMARTS) is 2. The fourth-order valence-corrected chi connectivity index (χ4v) is 1.46. The van der Waals surface area contributed by atoms with Crippen LogP contribution in [0, 0.1) is 5.92 Å². The van der Waals surface area contributed by atoms with Crippen LogP contribution < -0.4 is 11.1 Å². The molecule has 0 saturated carbocycles. The van der Waals surface area contributed by atoms with Crippen molar-refractivity contribution < 1.29 is 24.6 Å². The van der Waals surface area contributed by atoms with Crippen LogP contribution in [-0.2, 0) is 14.4 Å². The van der Waals surface area contributed by atoms with Gasteiger partial charge in [0, 0.05) is 18.9 Å². The van der Waals surface area contributed by atoms with E-state index in [0.29, 0.717) is 6.42 Å². The van der Waals surface area contributed by atoms with E-state index in [2.05, 4.69) is 5.32 Å². The highest BCUT2D eigenvalue weighted by Gasteiger charge is 2.23. The molecule has 0 spiro atoms. The summed E-state index contributed by atoms with van der Waals surface area (Å²) in [5, 5.41) is 19.8. The minimum absolute atomic E-state index is 0.0916. The number of amides is 1. The van der Waals surface area contributed by atoms with Crippen LogP contribution in [-0.4, -0.2) is 40.6 Å². The van der Waals surface area contributed by atoms with Gasteiger partial charge in [0.2, 0.25) is 5.91 Å². The third-order valence-electron chi connectivity index (χ3n) is 2.65. The highest BCUT2D eigenvalue weighted by molar-refractivity contribution is 5.85. The minimum Gasteiger partial charge on any atom is -0.481 e. The van der Waals surface area contributed by atoms with Crippen LogP contribution in [0.2, 0.25) is 0 Å². The zero-order valence-corrected chi connectivity index (χ0v) is 10.4. The molecule has 0 aliphatic carbocycles. The molecule has 0 aromatic rings. The Labute approximate surface area is 105 Å². The van der Waals surface area contributed by atoms with Crippen molar-refractivity contribution in [2.24, 2.45) is 11.7 Å². The number of nitrogens with two attached hydrogens (primary N) is 1. The molecule has 7 heteroatoms. The third kappa shape index (κ3) is 6.19. The molecule has 0 aromatic carbocycles. The van der Waals surface area contributed by atoms with Crippen LogP contribution in [0.25, 0.3) is 0 Å². The molecule has 1 amide bonds. The molecule has 7 nitrogen and oxygen atoms in total. The largest absolute Gasteiger partial charge is 0.481 e. The normalized spacial score (nSPS) is 13.7. The molecule has 0 saturated heterocycles. The van der Waals surface area contributed by atoms with Crippen LogP contribution in [0.4, 0.5) is 0 Å². The predicted molar refractivity (Wildman–Crippen MR) is 63.9 cm³/mol. The fraction of sp³-hybridized carbons (Fsp3) is 0.727. The second kappa shape index (κ2) is 8.46. The van der Waals surface area contributed by atoms with Gasteiger partial charge in [-0.05, 0) is 19.3 Å². The second-order valence-electron chi connectivity index (χ2n) is 4.03. The Kier molecular flexibility index (Phi) is 7.69. The first-order valence-corrected chi connectivity index (χ1v) is 5.87. The van der Waals surface area contributed by atoms with E-state index in [-0.39, 0.29) is 25.8 Å². The zero-order valence-electron chi connectivity index (χ0n) is 10.4. The fourth-order valence-electron chi connectivity index (χ4n) is 1.46. The van der Waals surface area contributed by atoms with Crippen molar-refractivity contribution in [3.63, 3.8) is 0 Å². The molecule has 0 rings (SSSR count). The average molecular weight is 260 g/mol. The molecule has 0 aliphatic heterocycles. The van der Waals surface area contributed by atoms with E-state index in [1.165, 1.54) is 0 Å². The van der Waals surface area contributed by atoms with Crippen molar-refractivity contribution in [2.75, 3.05) is 6.54 Å². The number of hydrogen-bond donors (Lipinski definition) is 4. The topological polar surface area (TPSA) is 130 Å². The summed E-state index contributed by atoms with van der Waals surface area (Å²) in [7, 11) is 0. The van der Waals surface area contributed by atoms with Crippen molar-refractivity contribution in [3.8, 4) is 0 Å². The van der Waals surface area contributed by atoms with Crippen LogP contribution in [0.15, 0.2) is 0 Å². The van der Waals surface area contributed by atoms with E-state index in [1.54, 1.807) is 6.92 Å². The zero-order chi connectivity index (χ0) is 14.1. The van der Waals surface area contributed by atoms with E-state index < -0.39 is 29.8 Å². The molecule has 0 aromatic heterocycles. The van der Waals surface area contributed by atoms with Gasteiger partial charge in [-0.1, -0.05) is 6.92 Å². The molecule has 0 fully saturated rings. The summed E-state index contributed by atoms with van der Waals surface area (Å²) in [6, 6.07) is -1.06. The maximum atomic E-state index is 11.6. The van der Waals surface area contributed by atoms with Gasteiger partial charge in [0.15, 0.2) is 0 Å². The summed E-state index contributed by atoms with van der Waals surface area (Å²) in [5.41, 5.74) is 5.39. The van der Waals surface area contributed by atoms with Crippen LogP contribution in [0.5, 0.6) is 0 Å². The Balaban J connectivity index is 4.30. The smallest absolute Gasteiger partial charge is 0.326 e. The number of carboxylic acids is 2. The van der Waals surface area contributed by atoms with E-state index in [1.807, 2.05) is 0 Å². The molecule has 0 bridgehead atoms. The lowest BCUT2D eigenvalue weighted by molar-refractivity contribution is -0.143. The molecular formula is C11H20N2O5. The van der Waals surface area contributed by atoms with Gasteiger partial charge in [0.25, 0.3) is 0 Å². The molecule has 1 unspecified atom stereocenters. The summed E-state index contributed by atoms with van der Waals surface area (Å²) in [4.78, 5) is 32.9. The van der Waals surface area contributed by atoms with E-state index >= 15 is 0 Å². The maximum Gasteiger partial charge on any atom is 0.326 e. The quantitative estimate of drug-likeness (QED) is 0.454. The summed E-state index contributed by atoms with van der Waals surface area (Å²) in [6.07, 6.45) is 0.706. The Hall–Kier alpha value is -1.63. The monoisotopic (exact) mass is 260 g/mol. The predicted octanol–water partition coefficient (Wildman–Crippen LogP) is -0.204. The highest BCUT2D eigenvalue weighted by atomic mass is 16.4. The molecule has 0 heterocycles. The molecule has 0 aliphatic rings. The third-order valence-corrected chi connectivity index (χ3v) is 2.65. The van der Waals surface area contributed by atoms with Gasteiger partial charge in [0.1, 0.15) is 6.04 Å². The number of rotatable bonds is 9. The first kappa shape index (κ1) is 16.4. The number of hydrogen-bond acceptors (Lipinski definition) is 4. The van der Waals surface area contributed by atoms with Gasteiger partial charge >= 0.3 is 11.9 Å². The first-order valence-electron chi connectivity index (χ1n) is 5.87. The Morgan fingerprint density at radius 1 is 1.28 bits per heavy atom. The lowest BCUT2D eigenvalue weighted by atomic mass is 10.0. The average Bonchev–Trinajstić information content (AvgIpc) is 2.28. The lowest BCUT2D eigenvalue weighted by Gasteiger charge is -2.18. The van der Waals surface area contributed by atoms with Crippen molar-refractivity contribution in [1.82, 2.24) is 5.32 Å². The Morgan fingerprint density at radius 3 is 2.28 bits per heavy atom. The van der Waals surface area contributed by atoms with Crippen molar-refractivity contribution >= 4 is 17.8 Å². The minimum atomic E-state index is -1.17.